The van der Waals surface area contributed by atoms with Gasteiger partial charge in [0.05, 0.1) is 23.1 Å². The lowest BCUT2D eigenvalue weighted by atomic mass is 9.52. The molecule has 5 rings (SSSR count). The van der Waals surface area contributed by atoms with E-state index in [1.54, 1.807) is 14.1 Å². The molecule has 0 bridgehead atoms. The first-order valence-corrected chi connectivity index (χ1v) is 14.7. The monoisotopic (exact) mass is 624 g/mol. The zero-order valence-electron chi connectivity index (χ0n) is 25.4. The number of carbonyl (C=O) groups is 5. The van der Waals surface area contributed by atoms with Crippen LogP contribution < -0.4 is 11.1 Å². The van der Waals surface area contributed by atoms with Gasteiger partial charge in [-0.3, -0.25) is 24.0 Å². The quantitative estimate of drug-likeness (QED) is 0.257. The molecule has 0 aliphatic heterocycles. The normalized spacial score (nSPS) is 29.3. The minimum absolute atomic E-state index is 0.0484. The maximum absolute atomic E-state index is 14.8. The van der Waals surface area contributed by atoms with E-state index in [1.807, 2.05) is 19.0 Å². The van der Waals surface area contributed by atoms with Crippen LogP contribution in [-0.2, 0) is 20.8 Å². The first kappa shape index (κ1) is 32.4. The molecule has 240 valence electrons. The number of fused-ring (bicyclic) bond motifs is 3. The average Bonchev–Trinajstić information content (AvgIpc) is 2.95. The topological polar surface area (TPSA) is 191 Å². The molecule has 0 heterocycles. The predicted octanol–water partition coefficient (Wildman–Crippen LogP) is -0.244. The van der Waals surface area contributed by atoms with Crippen molar-refractivity contribution in [2.45, 2.75) is 30.6 Å². The summed E-state index contributed by atoms with van der Waals surface area (Å²) in [5, 5.41) is 36.3. The molecule has 7 atom stereocenters. The van der Waals surface area contributed by atoms with Crippen molar-refractivity contribution in [1.82, 2.24) is 15.1 Å². The fourth-order valence-corrected chi connectivity index (χ4v) is 7.45. The van der Waals surface area contributed by atoms with Crippen LogP contribution in [0, 0.1) is 29.5 Å². The van der Waals surface area contributed by atoms with Crippen molar-refractivity contribution in [1.29, 1.82) is 0 Å². The number of aliphatic hydroxyl groups is 2. The number of aromatic hydroxyl groups is 1. The van der Waals surface area contributed by atoms with Crippen molar-refractivity contribution in [3.05, 3.63) is 52.8 Å². The number of carbonyl (C=O) groups excluding carboxylic acids is 5. The molecule has 3 aliphatic rings. The van der Waals surface area contributed by atoms with Crippen LogP contribution in [-0.4, -0.2) is 113 Å². The van der Waals surface area contributed by atoms with Gasteiger partial charge >= 0.3 is 0 Å². The van der Waals surface area contributed by atoms with Gasteiger partial charge in [-0.15, -0.1) is 0 Å². The van der Waals surface area contributed by atoms with E-state index in [0.717, 1.165) is 6.07 Å². The van der Waals surface area contributed by atoms with Crippen LogP contribution in [0.25, 0.3) is 11.1 Å². The van der Waals surface area contributed by atoms with Gasteiger partial charge in [-0.2, -0.15) is 0 Å². The maximum Gasteiger partial charge on any atom is 0.254 e. The fourth-order valence-electron chi connectivity index (χ4n) is 7.45. The van der Waals surface area contributed by atoms with Gasteiger partial charge in [0.1, 0.15) is 17.5 Å². The number of aliphatic hydroxyl groups excluding tert-OH is 1. The van der Waals surface area contributed by atoms with Crippen LogP contribution in [0.15, 0.2) is 30.3 Å². The van der Waals surface area contributed by atoms with Gasteiger partial charge in [0.25, 0.3) is 5.91 Å². The van der Waals surface area contributed by atoms with Gasteiger partial charge < -0.3 is 36.2 Å². The summed E-state index contributed by atoms with van der Waals surface area (Å²) in [6, 6.07) is 5.71. The summed E-state index contributed by atoms with van der Waals surface area (Å²) < 4.78 is 14.8. The highest BCUT2D eigenvalue weighted by molar-refractivity contribution is 6.25. The number of rotatable bonds is 7. The molecule has 6 N–H and O–H groups in total. The van der Waals surface area contributed by atoms with Crippen LogP contribution in [0.4, 0.5) is 4.39 Å². The van der Waals surface area contributed by atoms with Gasteiger partial charge in [-0.25, -0.2) is 4.39 Å². The van der Waals surface area contributed by atoms with Crippen molar-refractivity contribution in [3.8, 4) is 16.9 Å². The summed E-state index contributed by atoms with van der Waals surface area (Å²) in [6.07, 6.45) is -1.60. The zero-order valence-corrected chi connectivity index (χ0v) is 25.4. The number of nitrogens with one attached hydrogen (secondary N) is 1. The minimum atomic E-state index is -2.76. The second-order valence-electron chi connectivity index (χ2n) is 12.7. The first-order chi connectivity index (χ1) is 21.1. The van der Waals surface area contributed by atoms with E-state index in [1.165, 1.54) is 29.2 Å². The molecule has 0 saturated heterocycles. The van der Waals surface area contributed by atoms with Crippen LogP contribution in [0.3, 0.4) is 0 Å². The Labute approximate surface area is 259 Å². The smallest absolute Gasteiger partial charge is 0.254 e. The molecular weight excluding hydrogens is 587 g/mol. The van der Waals surface area contributed by atoms with Crippen LogP contribution in [0.5, 0.6) is 5.75 Å². The van der Waals surface area contributed by atoms with E-state index < -0.39 is 82.1 Å². The van der Waals surface area contributed by atoms with Gasteiger partial charge in [-0.1, -0.05) is 12.1 Å². The third-order valence-corrected chi connectivity index (χ3v) is 9.54. The molecule has 2 amide bonds. The number of nitrogens with zero attached hydrogens (tertiary/aromatic N) is 2. The summed E-state index contributed by atoms with van der Waals surface area (Å²) in [7, 11) is 6.80. The second kappa shape index (κ2) is 11.7. The molecule has 5 unspecified atom stereocenters. The largest absolute Gasteiger partial charge is 0.507 e. The van der Waals surface area contributed by atoms with Crippen molar-refractivity contribution < 1.29 is 43.7 Å². The van der Waals surface area contributed by atoms with Crippen LogP contribution >= 0.6 is 0 Å². The number of amides is 2. The van der Waals surface area contributed by atoms with Crippen molar-refractivity contribution in [3.63, 3.8) is 0 Å². The number of likely N-dealkylation sites (N-methyl/N-ethyl adjacent to an activating group) is 2. The van der Waals surface area contributed by atoms with Crippen LogP contribution in [0.2, 0.25) is 0 Å². The Bertz CT molecular complexity index is 1610. The predicted molar refractivity (Wildman–Crippen MR) is 159 cm³/mol. The molecule has 3 aliphatic carbocycles. The molecule has 2 fully saturated rings. The van der Waals surface area contributed by atoms with E-state index in [2.05, 4.69) is 5.32 Å². The van der Waals surface area contributed by atoms with E-state index in [0.29, 0.717) is 23.2 Å². The Hall–Kier alpha value is -4.04. The molecule has 0 radical (unpaired) electrons. The van der Waals surface area contributed by atoms with Crippen molar-refractivity contribution in [2.75, 3.05) is 41.3 Å². The molecule has 13 heteroatoms. The molecule has 0 aromatic heterocycles. The van der Waals surface area contributed by atoms with Crippen molar-refractivity contribution >= 4 is 29.2 Å². The first-order valence-electron chi connectivity index (χ1n) is 14.7. The number of primary amides is 1. The van der Waals surface area contributed by atoms with Crippen molar-refractivity contribution in [2.24, 2.45) is 29.4 Å². The standard InChI is InChI=1S/C32H37FN4O8/c1-36(2)10-9-35-31(44)18-11-14(5-7-20(18)33)16-6-8-21(38)23-17(16)12-15-13-19-25(37(3)4)27(40)24(30(34)43)29(42)32(19,45)28(41)22(15)26(23)39/h5-8,11,15,19,22,24-25,27,38,40,45H,9-10,12-13H2,1-4H3,(H2,34,43)(H,35,44)/t15?,19?,22?,24?,25-,27?,32-/m0/s1. The number of benzene rings is 2. The highest BCUT2D eigenvalue weighted by Gasteiger charge is 2.69. The number of Topliss-reactive ketones (excluding diaryl/α,β-unsaturated/α-hetero) is 3. The van der Waals surface area contributed by atoms with E-state index in [-0.39, 0.29) is 30.5 Å². The molecular formula is C32H37FN4O8. The molecule has 2 saturated carbocycles. The Balaban J connectivity index is 1.57. The number of phenols is 1. The van der Waals surface area contributed by atoms with Gasteiger partial charge in [0.15, 0.2) is 23.0 Å². The molecule has 2 aromatic carbocycles. The van der Waals surface area contributed by atoms with Gasteiger partial charge in [-0.05, 0) is 81.8 Å². The van der Waals surface area contributed by atoms with Crippen LogP contribution in [0.1, 0.15) is 32.7 Å². The van der Waals surface area contributed by atoms with E-state index in [4.69, 9.17) is 5.73 Å². The Morgan fingerprint density at radius 2 is 1.78 bits per heavy atom. The summed E-state index contributed by atoms with van der Waals surface area (Å²) in [5.41, 5.74) is 3.46. The number of hydrogen-bond donors (Lipinski definition) is 5. The lowest BCUT2D eigenvalue weighted by Crippen LogP contribution is -2.75. The molecule has 45 heavy (non-hydrogen) atoms. The lowest BCUT2D eigenvalue weighted by Gasteiger charge is -2.54. The van der Waals surface area contributed by atoms with E-state index >= 15 is 0 Å². The second-order valence-corrected chi connectivity index (χ2v) is 12.7. The Kier molecular flexibility index (Phi) is 8.42. The fraction of sp³-hybridized carbons (Fsp3) is 0.469. The lowest BCUT2D eigenvalue weighted by molar-refractivity contribution is -0.190. The Morgan fingerprint density at radius 1 is 1.09 bits per heavy atom. The third kappa shape index (κ3) is 5.13. The molecule has 0 spiro atoms. The highest BCUT2D eigenvalue weighted by Crippen LogP contribution is 2.52. The summed E-state index contributed by atoms with van der Waals surface area (Å²) in [5.74, 6) is -11.4. The number of phenolic OH excluding ortho intramolecular Hbond substituents is 1. The average molecular weight is 625 g/mol. The maximum atomic E-state index is 14.8. The SMILES string of the molecule is CN(C)CCNC(=O)c1cc(-c2ccc(O)c3c2CC2CC4[C@H](N(C)C)C(O)C(C(N)=O)C(=O)[C@@]4(O)C(=O)C2C3=O)ccc1F. The minimum Gasteiger partial charge on any atom is -0.507 e. The number of nitrogens with two attached hydrogens (primary N) is 1. The number of ketones is 3. The zero-order chi connectivity index (χ0) is 33.1. The molecule has 2 aromatic rings. The summed E-state index contributed by atoms with van der Waals surface area (Å²) >= 11 is 0. The van der Waals surface area contributed by atoms with E-state index in [9.17, 15) is 43.7 Å². The third-order valence-electron chi connectivity index (χ3n) is 9.54. The van der Waals surface area contributed by atoms with Gasteiger partial charge in [0, 0.05) is 25.0 Å². The number of halogens is 1. The highest BCUT2D eigenvalue weighted by atomic mass is 19.1. The Morgan fingerprint density at radius 3 is 2.40 bits per heavy atom. The summed E-state index contributed by atoms with van der Waals surface area (Å²) in [6.45, 7) is 0.826. The number of hydrogen-bond acceptors (Lipinski definition) is 10. The van der Waals surface area contributed by atoms with Gasteiger partial charge in [0.2, 0.25) is 5.91 Å². The summed E-state index contributed by atoms with van der Waals surface area (Å²) in [4.78, 5) is 69.9. The molecule has 12 nitrogen and oxygen atoms in total.